The van der Waals surface area contributed by atoms with E-state index >= 15 is 0 Å². The molecule has 228 valence electrons. The number of aliphatic imine (C=N–C) groups is 1. The van der Waals surface area contributed by atoms with E-state index < -0.39 is 18.1 Å². The first kappa shape index (κ1) is 32.4. The zero-order chi connectivity index (χ0) is 31.6. The molecule has 1 heterocycles. The first-order chi connectivity index (χ1) is 20.4. The number of guanidine groups is 1. The van der Waals surface area contributed by atoms with E-state index in [2.05, 4.69) is 15.1 Å². The molecule has 0 spiro atoms. The quantitative estimate of drug-likeness (QED) is 0.194. The molecule has 1 aliphatic heterocycles. The topological polar surface area (TPSA) is 132 Å². The van der Waals surface area contributed by atoms with E-state index in [1.807, 2.05) is 54.6 Å². The number of carbonyl (C=O) groups is 3. The van der Waals surface area contributed by atoms with Crippen LogP contribution in [0, 0.1) is 0 Å². The monoisotopic (exact) mass is 600 g/mol. The van der Waals surface area contributed by atoms with E-state index in [9.17, 15) is 27.9 Å². The van der Waals surface area contributed by atoms with Gasteiger partial charge in [0.2, 0.25) is 0 Å². The minimum absolute atomic E-state index is 0.0568. The highest BCUT2D eigenvalue weighted by molar-refractivity contribution is 5.96. The number of anilines is 2. The van der Waals surface area contributed by atoms with E-state index in [0.717, 1.165) is 43.2 Å². The fraction of sp³-hybridized carbons (Fsp3) is 0.267. The van der Waals surface area contributed by atoms with Crippen LogP contribution in [0.15, 0.2) is 77.8 Å². The van der Waals surface area contributed by atoms with Gasteiger partial charge in [-0.15, -0.1) is 0 Å². The van der Waals surface area contributed by atoms with Crippen LogP contribution >= 0.6 is 0 Å². The number of ether oxygens (including phenoxy) is 1. The van der Waals surface area contributed by atoms with Crippen LogP contribution in [0.25, 0.3) is 0 Å². The highest BCUT2D eigenvalue weighted by atomic mass is 19.4. The minimum Gasteiger partial charge on any atom is -0.497 e. The van der Waals surface area contributed by atoms with E-state index in [1.54, 1.807) is 32.2 Å². The van der Waals surface area contributed by atoms with E-state index in [4.69, 9.17) is 19.6 Å². The molecule has 1 fully saturated rings. The lowest BCUT2D eigenvalue weighted by Crippen LogP contribution is -2.50. The van der Waals surface area contributed by atoms with Gasteiger partial charge in [-0.05, 0) is 67.1 Å². The Kier molecular flexibility index (Phi) is 11.1. The number of benzene rings is 3. The van der Waals surface area contributed by atoms with Crippen molar-refractivity contribution in [2.75, 3.05) is 43.5 Å². The van der Waals surface area contributed by atoms with Gasteiger partial charge in [0.05, 0.1) is 19.2 Å². The summed E-state index contributed by atoms with van der Waals surface area (Å²) in [6.07, 6.45) is -5.08. The van der Waals surface area contributed by atoms with E-state index in [-0.39, 0.29) is 11.3 Å². The zero-order valence-corrected chi connectivity index (χ0v) is 23.5. The fourth-order valence-corrected chi connectivity index (χ4v) is 4.10. The lowest BCUT2D eigenvalue weighted by atomic mass is 10.1. The zero-order valence-electron chi connectivity index (χ0n) is 23.5. The van der Waals surface area contributed by atoms with Gasteiger partial charge in [0.25, 0.3) is 0 Å². The number of nitrogens with one attached hydrogen (secondary N) is 1. The van der Waals surface area contributed by atoms with Crippen LogP contribution in [-0.2, 0) is 11.3 Å². The lowest BCUT2D eigenvalue weighted by Gasteiger charge is -2.38. The second-order valence-electron chi connectivity index (χ2n) is 9.38. The third-order valence-corrected chi connectivity index (χ3v) is 6.37. The number of hydrogen-bond donors (Lipinski definition) is 3. The molecule has 0 saturated carbocycles. The highest BCUT2D eigenvalue weighted by Crippen LogP contribution is 2.20. The number of nitrogens with zero attached hydrogens (tertiary/aromatic N) is 3. The molecule has 3 N–H and O–H groups in total. The second kappa shape index (κ2) is 14.7. The maximum atomic E-state index is 11.6. The number of aromatic carboxylic acids is 1. The van der Waals surface area contributed by atoms with E-state index in [1.165, 1.54) is 0 Å². The summed E-state index contributed by atoms with van der Waals surface area (Å²) in [5.41, 5.74) is 3.68. The van der Waals surface area contributed by atoms with Crippen molar-refractivity contribution in [2.24, 2.45) is 4.99 Å². The molecule has 0 aromatic heterocycles. The molecule has 43 heavy (non-hydrogen) atoms. The number of rotatable bonds is 7. The number of piperazine rings is 1. The molecule has 3 aromatic carbocycles. The normalized spacial score (nSPS) is 13.5. The van der Waals surface area contributed by atoms with Gasteiger partial charge in [-0.3, -0.25) is 4.79 Å². The highest BCUT2D eigenvalue weighted by Gasteiger charge is 2.38. The summed E-state index contributed by atoms with van der Waals surface area (Å²) in [5.74, 6) is -2.21. The lowest BCUT2D eigenvalue weighted by molar-refractivity contribution is -0.192. The van der Waals surface area contributed by atoms with Crippen LogP contribution in [0.5, 0.6) is 5.75 Å². The maximum Gasteiger partial charge on any atom is 0.490 e. The molecule has 0 bridgehead atoms. The standard InChI is InChI=1S/C28H30N4O4.C2HF3O2/c1-20(33)22-9-11-25(12-10-22)31-13-15-32(16-14-31)28(29-19-21-5-3-8-26(17-21)36-2)30-24-7-4-6-23(18-24)27(34)35;3-2(4,5)1(6)7/h3-12,17-18H,13-16,19H2,1-2H3,(H,29,30)(H,34,35);(H,6,7). The van der Waals surface area contributed by atoms with Crippen LogP contribution in [0.2, 0.25) is 0 Å². The van der Waals surface area contributed by atoms with Crippen molar-refractivity contribution in [3.8, 4) is 5.75 Å². The number of aliphatic carboxylic acids is 1. The maximum absolute atomic E-state index is 11.6. The predicted molar refractivity (Wildman–Crippen MR) is 155 cm³/mol. The van der Waals surface area contributed by atoms with E-state index in [0.29, 0.717) is 23.8 Å². The van der Waals surface area contributed by atoms with Crippen molar-refractivity contribution in [3.05, 3.63) is 89.5 Å². The van der Waals surface area contributed by atoms with Gasteiger partial charge in [0.1, 0.15) is 5.75 Å². The Morgan fingerprint density at radius 1 is 0.907 bits per heavy atom. The summed E-state index contributed by atoms with van der Waals surface area (Å²) in [6.45, 7) is 5.06. The number of carbonyl (C=O) groups excluding carboxylic acids is 1. The van der Waals surface area contributed by atoms with Gasteiger partial charge in [-0.2, -0.15) is 13.2 Å². The first-order valence-corrected chi connectivity index (χ1v) is 13.1. The van der Waals surface area contributed by atoms with Crippen LogP contribution in [0.4, 0.5) is 24.5 Å². The Bertz CT molecular complexity index is 1450. The van der Waals surface area contributed by atoms with Gasteiger partial charge in [0, 0.05) is 43.1 Å². The van der Waals surface area contributed by atoms with Crippen LogP contribution in [0.3, 0.4) is 0 Å². The largest absolute Gasteiger partial charge is 0.497 e. The predicted octanol–water partition coefficient (Wildman–Crippen LogP) is 5.02. The SMILES string of the molecule is COc1cccc(CN=C(Nc2cccc(C(=O)O)c2)N2CCN(c3ccc(C(C)=O)cc3)CC2)c1.O=C(O)C(F)(F)F. The van der Waals surface area contributed by atoms with Gasteiger partial charge in [0.15, 0.2) is 11.7 Å². The van der Waals surface area contributed by atoms with Gasteiger partial charge >= 0.3 is 18.1 Å². The summed E-state index contributed by atoms with van der Waals surface area (Å²) >= 11 is 0. The number of alkyl halides is 3. The van der Waals surface area contributed by atoms with Crippen molar-refractivity contribution < 1.29 is 42.5 Å². The van der Waals surface area contributed by atoms with Crippen LogP contribution < -0.4 is 15.0 Å². The molecule has 0 radical (unpaired) electrons. The molecule has 1 saturated heterocycles. The molecule has 10 nitrogen and oxygen atoms in total. The average Bonchev–Trinajstić information content (AvgIpc) is 2.99. The Labute approximate surface area is 246 Å². The summed E-state index contributed by atoms with van der Waals surface area (Å²) < 4.78 is 37.1. The number of carboxylic acid groups (broad SMARTS) is 2. The van der Waals surface area contributed by atoms with Crippen molar-refractivity contribution in [1.82, 2.24) is 4.90 Å². The smallest absolute Gasteiger partial charge is 0.490 e. The third-order valence-electron chi connectivity index (χ3n) is 6.37. The number of ketones is 1. The molecule has 0 aliphatic carbocycles. The molecule has 1 aliphatic rings. The number of halogens is 3. The van der Waals surface area contributed by atoms with Crippen molar-refractivity contribution in [2.45, 2.75) is 19.6 Å². The average molecular weight is 601 g/mol. The van der Waals surface area contributed by atoms with Gasteiger partial charge in [-0.1, -0.05) is 18.2 Å². The first-order valence-electron chi connectivity index (χ1n) is 13.1. The summed E-state index contributed by atoms with van der Waals surface area (Å²) in [5, 5.41) is 19.8. The molecule has 13 heteroatoms. The van der Waals surface area contributed by atoms with Crippen molar-refractivity contribution >= 4 is 35.1 Å². The number of Topliss-reactive ketones (excluding diaryl/α,β-unsaturated/α-hetero) is 1. The Morgan fingerprint density at radius 2 is 1.53 bits per heavy atom. The number of carboxylic acids is 2. The van der Waals surface area contributed by atoms with Gasteiger partial charge < -0.3 is 30.1 Å². The molecule has 0 unspecified atom stereocenters. The molecule has 0 amide bonds. The fourth-order valence-electron chi connectivity index (χ4n) is 4.10. The molecule has 4 rings (SSSR count). The van der Waals surface area contributed by atoms with Gasteiger partial charge in [-0.25, -0.2) is 14.6 Å². The van der Waals surface area contributed by atoms with Crippen molar-refractivity contribution in [3.63, 3.8) is 0 Å². The summed E-state index contributed by atoms with van der Waals surface area (Å²) in [7, 11) is 1.64. The third kappa shape index (κ3) is 9.76. The second-order valence-corrected chi connectivity index (χ2v) is 9.38. The van der Waals surface area contributed by atoms with Crippen LogP contribution in [-0.4, -0.2) is 78.3 Å². The Balaban J connectivity index is 0.000000646. The molecule has 0 atom stereocenters. The molecule has 3 aromatic rings. The van der Waals surface area contributed by atoms with Crippen molar-refractivity contribution in [1.29, 1.82) is 0 Å². The Hall–Kier alpha value is -5.07. The minimum atomic E-state index is -5.08. The van der Waals surface area contributed by atoms with Crippen LogP contribution in [0.1, 0.15) is 33.2 Å². The Morgan fingerprint density at radius 3 is 2.09 bits per heavy atom. The molecular formula is C30H31F3N4O6. The number of hydrogen-bond acceptors (Lipinski definition) is 6. The summed E-state index contributed by atoms with van der Waals surface area (Å²) in [4.78, 5) is 41.2. The number of methoxy groups -OCH3 is 1. The summed E-state index contributed by atoms with van der Waals surface area (Å²) in [6, 6.07) is 22.2. The molecular weight excluding hydrogens is 569 g/mol.